The molecule has 0 radical (unpaired) electrons. The van der Waals surface area contributed by atoms with Crippen LogP contribution in [0.4, 0.5) is 0 Å². The van der Waals surface area contributed by atoms with E-state index in [4.69, 9.17) is 15.0 Å². The predicted molar refractivity (Wildman–Crippen MR) is 124 cm³/mol. The zero-order valence-corrected chi connectivity index (χ0v) is 21.1. The Morgan fingerprint density at radius 3 is 1.65 bits per heavy atom. The van der Waals surface area contributed by atoms with Crippen LogP contribution in [0.5, 0.6) is 0 Å². The van der Waals surface area contributed by atoms with Crippen molar-refractivity contribution in [3.05, 3.63) is 45.6 Å². The molecule has 0 aliphatic carbocycles. The van der Waals surface area contributed by atoms with E-state index in [1.165, 1.54) is 4.74 Å². The third kappa shape index (κ3) is 6.29. The molecule has 2 aromatic rings. The standard InChI is InChI=1S/C24H39N6O/c1-15-16(2)27-20(17(3)25-15)12-29(23(6,7)8)13-21-18(4)26-19(5)22(28-21)14-30(31)24(9,10)11/h14,31H,12-13H2,1-11H3/q+1. The van der Waals surface area contributed by atoms with Gasteiger partial charge in [0.2, 0.25) is 11.8 Å². The summed E-state index contributed by atoms with van der Waals surface area (Å²) in [6.07, 6.45) is 1.66. The van der Waals surface area contributed by atoms with E-state index in [-0.39, 0.29) is 5.54 Å². The first-order chi connectivity index (χ1) is 14.1. The fourth-order valence-electron chi connectivity index (χ4n) is 3.06. The number of rotatable bonds is 5. The van der Waals surface area contributed by atoms with Crippen LogP contribution in [0.15, 0.2) is 0 Å². The van der Waals surface area contributed by atoms with E-state index in [9.17, 15) is 5.21 Å². The van der Waals surface area contributed by atoms with Gasteiger partial charge in [-0.05, 0) is 60.1 Å². The summed E-state index contributed by atoms with van der Waals surface area (Å²) < 4.78 is 1.19. The molecule has 0 saturated carbocycles. The number of aryl methyl sites for hydroxylation is 5. The highest BCUT2D eigenvalue weighted by Crippen LogP contribution is 2.22. The van der Waals surface area contributed by atoms with Gasteiger partial charge >= 0.3 is 0 Å². The first-order valence-corrected chi connectivity index (χ1v) is 10.8. The van der Waals surface area contributed by atoms with Crippen molar-refractivity contribution in [2.45, 2.75) is 100 Å². The van der Waals surface area contributed by atoms with Crippen LogP contribution in [-0.4, -0.2) is 52.1 Å². The summed E-state index contributed by atoms with van der Waals surface area (Å²) in [6, 6.07) is 0. The van der Waals surface area contributed by atoms with Gasteiger partial charge in [-0.15, -0.1) is 0 Å². The van der Waals surface area contributed by atoms with Crippen LogP contribution in [0.25, 0.3) is 0 Å². The van der Waals surface area contributed by atoms with E-state index in [1.807, 2.05) is 55.4 Å². The number of nitrogens with zero attached hydrogens (tertiary/aromatic N) is 6. The smallest absolute Gasteiger partial charge is 0.243 e. The van der Waals surface area contributed by atoms with E-state index in [1.54, 1.807) is 6.21 Å². The molecule has 170 valence electrons. The molecule has 7 heteroatoms. The molecular weight excluding hydrogens is 388 g/mol. The maximum absolute atomic E-state index is 10.4. The number of hydrogen-bond donors (Lipinski definition) is 1. The van der Waals surface area contributed by atoms with Crippen molar-refractivity contribution >= 4 is 6.21 Å². The van der Waals surface area contributed by atoms with Gasteiger partial charge < -0.3 is 0 Å². The summed E-state index contributed by atoms with van der Waals surface area (Å²) in [5.74, 6) is 0. The van der Waals surface area contributed by atoms with Crippen molar-refractivity contribution in [3.8, 4) is 0 Å². The fraction of sp³-hybridized carbons (Fsp3) is 0.625. The van der Waals surface area contributed by atoms with Gasteiger partial charge in [-0.3, -0.25) is 25.1 Å². The van der Waals surface area contributed by atoms with Gasteiger partial charge in [-0.2, -0.15) is 0 Å². The molecule has 0 amide bonds. The first-order valence-electron chi connectivity index (χ1n) is 10.8. The molecule has 0 aromatic carbocycles. The molecule has 0 bridgehead atoms. The molecule has 0 saturated heterocycles. The van der Waals surface area contributed by atoms with Crippen LogP contribution in [0.3, 0.4) is 0 Å². The van der Waals surface area contributed by atoms with Crippen molar-refractivity contribution in [3.63, 3.8) is 0 Å². The van der Waals surface area contributed by atoms with Crippen LogP contribution in [0.2, 0.25) is 0 Å². The van der Waals surface area contributed by atoms with E-state index >= 15 is 0 Å². The number of hydrogen-bond acceptors (Lipinski definition) is 6. The second-order valence-electron chi connectivity index (χ2n) is 10.3. The lowest BCUT2D eigenvalue weighted by Gasteiger charge is -2.35. The molecule has 0 unspecified atom stereocenters. The Morgan fingerprint density at radius 1 is 0.710 bits per heavy atom. The summed E-state index contributed by atoms with van der Waals surface area (Å²) >= 11 is 0. The van der Waals surface area contributed by atoms with E-state index in [0.717, 1.165) is 39.9 Å². The van der Waals surface area contributed by atoms with Gasteiger partial charge in [0, 0.05) is 39.4 Å². The van der Waals surface area contributed by atoms with Gasteiger partial charge in [0.05, 0.1) is 39.9 Å². The zero-order chi connectivity index (χ0) is 23.7. The molecule has 0 aliphatic heterocycles. The first kappa shape index (κ1) is 24.9. The zero-order valence-electron chi connectivity index (χ0n) is 21.1. The van der Waals surface area contributed by atoms with Gasteiger partial charge in [0.1, 0.15) is 0 Å². The summed E-state index contributed by atoms with van der Waals surface area (Å²) in [5, 5.41) is 10.4. The Kier molecular flexibility index (Phi) is 7.21. The Morgan fingerprint density at radius 2 is 1.16 bits per heavy atom. The lowest BCUT2D eigenvalue weighted by Crippen LogP contribution is -2.41. The summed E-state index contributed by atoms with van der Waals surface area (Å²) in [5.41, 5.74) is 6.60. The van der Waals surface area contributed by atoms with E-state index in [2.05, 4.69) is 30.7 Å². The molecule has 0 spiro atoms. The molecule has 31 heavy (non-hydrogen) atoms. The summed E-state index contributed by atoms with van der Waals surface area (Å²) in [7, 11) is 0. The highest BCUT2D eigenvalue weighted by Gasteiger charge is 2.27. The molecule has 0 fully saturated rings. The Bertz CT molecular complexity index is 983. The third-order valence-corrected chi connectivity index (χ3v) is 5.52. The van der Waals surface area contributed by atoms with Gasteiger partial charge in [-0.25, -0.2) is 4.98 Å². The van der Waals surface area contributed by atoms with E-state index in [0.29, 0.717) is 18.8 Å². The van der Waals surface area contributed by atoms with E-state index < -0.39 is 5.54 Å². The Hall–Kier alpha value is -2.41. The van der Waals surface area contributed by atoms with Crippen molar-refractivity contribution in [1.29, 1.82) is 0 Å². The van der Waals surface area contributed by atoms with Crippen molar-refractivity contribution in [2.24, 2.45) is 0 Å². The highest BCUT2D eigenvalue weighted by molar-refractivity contribution is 5.74. The maximum atomic E-state index is 10.4. The van der Waals surface area contributed by atoms with Crippen LogP contribution in [0.1, 0.15) is 87.1 Å². The predicted octanol–water partition coefficient (Wildman–Crippen LogP) is 4.23. The topological polar surface area (TPSA) is 78.0 Å². The SMILES string of the molecule is Cc1nc(C)c(CN(Cc2nc(/C=[N+](/O)C(C)(C)C)c(C)nc2C)C(C)(C)C)nc1C. The van der Waals surface area contributed by atoms with Gasteiger partial charge in [-0.1, -0.05) is 0 Å². The van der Waals surface area contributed by atoms with Gasteiger partial charge in [0.25, 0.3) is 0 Å². The van der Waals surface area contributed by atoms with Crippen LogP contribution in [0, 0.1) is 34.6 Å². The normalized spacial score (nSPS) is 13.2. The largest absolute Gasteiger partial charge is 0.290 e. The van der Waals surface area contributed by atoms with Crippen LogP contribution >= 0.6 is 0 Å². The molecule has 0 aliphatic rings. The molecule has 2 aromatic heterocycles. The second kappa shape index (κ2) is 8.99. The third-order valence-electron chi connectivity index (χ3n) is 5.52. The molecule has 2 rings (SSSR count). The molecule has 2 heterocycles. The van der Waals surface area contributed by atoms with Crippen molar-refractivity contribution in [1.82, 2.24) is 24.8 Å². The average Bonchev–Trinajstić information content (AvgIpc) is 2.60. The number of aromatic nitrogens is 4. The quantitative estimate of drug-likeness (QED) is 0.333. The molecule has 0 atom stereocenters. The van der Waals surface area contributed by atoms with Crippen LogP contribution < -0.4 is 0 Å². The fourth-order valence-corrected chi connectivity index (χ4v) is 3.06. The minimum atomic E-state index is -0.421. The molecule has 1 N–H and O–H groups in total. The Balaban J connectivity index is 2.44. The lowest BCUT2D eigenvalue weighted by atomic mass is 10.0. The maximum Gasteiger partial charge on any atom is 0.243 e. The monoisotopic (exact) mass is 427 g/mol. The second-order valence-corrected chi connectivity index (χ2v) is 10.3. The van der Waals surface area contributed by atoms with Gasteiger partial charge in [0.15, 0.2) is 5.69 Å². The number of hydroxylamine groups is 1. The molecule has 7 nitrogen and oxygen atoms in total. The Labute approximate surface area is 187 Å². The highest BCUT2D eigenvalue weighted by atomic mass is 16.5. The lowest BCUT2D eigenvalue weighted by molar-refractivity contribution is -0.816. The van der Waals surface area contributed by atoms with Crippen molar-refractivity contribution in [2.75, 3.05) is 0 Å². The average molecular weight is 428 g/mol. The molecular formula is C24H39N6O+. The summed E-state index contributed by atoms with van der Waals surface area (Å²) in [4.78, 5) is 21.4. The minimum absolute atomic E-state index is 0.107. The van der Waals surface area contributed by atoms with Crippen LogP contribution in [-0.2, 0) is 13.1 Å². The summed E-state index contributed by atoms with van der Waals surface area (Å²) in [6.45, 7) is 23.6. The van der Waals surface area contributed by atoms with Crippen molar-refractivity contribution < 1.29 is 9.95 Å². The minimum Gasteiger partial charge on any atom is -0.290 e.